The lowest BCUT2D eigenvalue weighted by atomic mass is 9.70. The van der Waals surface area contributed by atoms with Gasteiger partial charge in [0.1, 0.15) is 5.82 Å². The fraction of sp³-hybridized carbons (Fsp3) is 0.844. The van der Waals surface area contributed by atoms with Crippen molar-refractivity contribution < 1.29 is 19.4 Å². The molecule has 43 heavy (non-hydrogen) atoms. The highest BCUT2D eigenvalue weighted by Gasteiger charge is 2.52. The van der Waals surface area contributed by atoms with Crippen molar-refractivity contribution in [1.82, 2.24) is 19.8 Å². The summed E-state index contributed by atoms with van der Waals surface area (Å²) in [6.45, 7) is 9.04. The van der Waals surface area contributed by atoms with Gasteiger partial charge in [-0.25, -0.2) is 4.98 Å². The largest absolute Gasteiger partial charge is 0.481 e. The normalized spacial score (nSPS) is 38.9. The summed E-state index contributed by atoms with van der Waals surface area (Å²) in [4.78, 5) is 33.3. The molecule has 0 aromatic carbocycles. The van der Waals surface area contributed by atoms with Crippen molar-refractivity contribution in [2.24, 2.45) is 23.2 Å². The summed E-state index contributed by atoms with van der Waals surface area (Å²) in [6, 6.07) is 0.668. The highest BCUT2D eigenvalue weighted by molar-refractivity contribution is 8.00. The number of carbonyl (C=O) groups is 1. The molecule has 238 valence electrons. The van der Waals surface area contributed by atoms with E-state index in [1.807, 2.05) is 23.3 Å². The van der Waals surface area contributed by atoms with Crippen LogP contribution in [-0.2, 0) is 33.7 Å². The molecular formula is C32H47ClN4O5S. The molecule has 0 amide bonds. The van der Waals surface area contributed by atoms with Crippen molar-refractivity contribution >= 4 is 29.3 Å². The minimum Gasteiger partial charge on any atom is -0.481 e. The molecule has 9 unspecified atom stereocenters. The summed E-state index contributed by atoms with van der Waals surface area (Å²) in [5.41, 5.74) is 2.34. The molecule has 2 N–H and O–H groups in total. The molecule has 1 aromatic heterocycles. The van der Waals surface area contributed by atoms with E-state index in [9.17, 15) is 14.7 Å². The summed E-state index contributed by atoms with van der Waals surface area (Å²) >= 11 is 8.56. The fourth-order valence-corrected chi connectivity index (χ4v) is 11.4. The molecule has 9 atom stereocenters. The van der Waals surface area contributed by atoms with Crippen LogP contribution in [0.2, 0.25) is 0 Å². The number of aliphatic carboxylic acids is 1. The van der Waals surface area contributed by atoms with Crippen LogP contribution in [0.5, 0.6) is 0 Å². The number of aromatic nitrogens is 2. The fourth-order valence-electron chi connectivity index (χ4n) is 9.20. The van der Waals surface area contributed by atoms with E-state index < -0.39 is 5.97 Å². The second kappa shape index (κ2) is 12.2. The molecule has 0 bridgehead atoms. The predicted molar refractivity (Wildman–Crippen MR) is 167 cm³/mol. The van der Waals surface area contributed by atoms with Gasteiger partial charge in [-0.3, -0.25) is 19.1 Å². The van der Waals surface area contributed by atoms with Gasteiger partial charge in [0.15, 0.2) is 0 Å². The van der Waals surface area contributed by atoms with Gasteiger partial charge in [0, 0.05) is 52.0 Å². The maximum Gasteiger partial charge on any atom is 0.308 e. The van der Waals surface area contributed by atoms with Crippen LogP contribution < -0.4 is 10.9 Å². The van der Waals surface area contributed by atoms with Gasteiger partial charge >= 0.3 is 5.97 Å². The molecule has 1 spiro atoms. The smallest absolute Gasteiger partial charge is 0.308 e. The molecule has 5 fully saturated rings. The van der Waals surface area contributed by atoms with Crippen LogP contribution in [0.1, 0.15) is 62.5 Å². The van der Waals surface area contributed by atoms with Crippen molar-refractivity contribution in [3.05, 3.63) is 27.4 Å². The molecular weight excluding hydrogens is 588 g/mol. The zero-order valence-corrected chi connectivity index (χ0v) is 27.1. The Morgan fingerprint density at radius 1 is 1.26 bits per heavy atom. The van der Waals surface area contributed by atoms with Crippen molar-refractivity contribution in [2.75, 3.05) is 38.7 Å². The first kappa shape index (κ1) is 30.5. The molecule has 1 saturated carbocycles. The Bertz CT molecular complexity index is 1270. The number of fused-ring (bicyclic) bond motifs is 2. The van der Waals surface area contributed by atoms with E-state index in [0.29, 0.717) is 42.2 Å². The second-order valence-corrected chi connectivity index (χ2v) is 16.2. The second-order valence-electron chi connectivity index (χ2n) is 14.4. The third-order valence-corrected chi connectivity index (χ3v) is 13.5. The molecule has 2 aliphatic carbocycles. The zero-order valence-electron chi connectivity index (χ0n) is 25.5. The molecule has 7 rings (SSSR count). The number of aryl methyl sites for hydroxylation is 2. The van der Waals surface area contributed by atoms with Crippen LogP contribution in [0.3, 0.4) is 0 Å². The van der Waals surface area contributed by atoms with Crippen molar-refractivity contribution in [3.63, 3.8) is 0 Å². The number of piperidine rings is 1. The van der Waals surface area contributed by atoms with Gasteiger partial charge in [0.2, 0.25) is 0 Å². The number of carboxylic acid groups (broad SMARTS) is 1. The number of nitrogens with zero attached hydrogens (tertiary/aromatic N) is 3. The van der Waals surface area contributed by atoms with E-state index >= 15 is 0 Å². The van der Waals surface area contributed by atoms with Crippen LogP contribution in [-0.4, -0.2) is 99.0 Å². The molecule has 1 aromatic rings. The van der Waals surface area contributed by atoms with Gasteiger partial charge in [-0.2, -0.15) is 11.8 Å². The number of hydrogen-bond donors (Lipinski definition) is 2. The highest BCUT2D eigenvalue weighted by atomic mass is 35.5. The monoisotopic (exact) mass is 634 g/mol. The number of carboxylic acids is 1. The van der Waals surface area contributed by atoms with E-state index in [1.54, 1.807) is 0 Å². The number of hydrogen-bond acceptors (Lipinski definition) is 8. The first-order valence-electron chi connectivity index (χ1n) is 16.5. The average Bonchev–Trinajstić information content (AvgIpc) is 3.61. The van der Waals surface area contributed by atoms with Gasteiger partial charge in [-0.1, -0.05) is 0 Å². The Kier molecular flexibility index (Phi) is 8.66. The maximum atomic E-state index is 13.8. The zero-order chi connectivity index (χ0) is 29.9. The van der Waals surface area contributed by atoms with Gasteiger partial charge in [0.25, 0.3) is 5.56 Å². The topological polar surface area (TPSA) is 106 Å². The lowest BCUT2D eigenvalue weighted by molar-refractivity contribution is -0.142. The van der Waals surface area contributed by atoms with E-state index in [1.165, 1.54) is 6.42 Å². The summed E-state index contributed by atoms with van der Waals surface area (Å²) in [6.07, 6.45) is 7.72. The summed E-state index contributed by atoms with van der Waals surface area (Å²) in [5, 5.41) is 13.8. The number of thioether (sulfide) groups is 1. The third-order valence-electron chi connectivity index (χ3n) is 11.6. The lowest BCUT2D eigenvalue weighted by Gasteiger charge is -2.47. The highest BCUT2D eigenvalue weighted by Crippen LogP contribution is 2.48. The summed E-state index contributed by atoms with van der Waals surface area (Å²) in [5.74, 6) is 1.04. The number of nitrogens with one attached hydrogen (secondary N) is 1. The van der Waals surface area contributed by atoms with Crippen LogP contribution in [0.4, 0.5) is 0 Å². The van der Waals surface area contributed by atoms with Crippen LogP contribution in [0.25, 0.3) is 0 Å². The van der Waals surface area contributed by atoms with Gasteiger partial charge in [-0.15, -0.1) is 11.6 Å². The molecule has 9 nitrogen and oxygen atoms in total. The molecule has 6 aliphatic rings. The summed E-state index contributed by atoms with van der Waals surface area (Å²) in [7, 11) is 0. The number of alkyl halides is 1. The minimum atomic E-state index is -0.699. The van der Waals surface area contributed by atoms with E-state index in [4.69, 9.17) is 26.1 Å². The number of likely N-dealkylation sites (tertiary alicyclic amines) is 1. The summed E-state index contributed by atoms with van der Waals surface area (Å²) < 4.78 is 14.0. The molecule has 4 aliphatic heterocycles. The molecule has 0 radical (unpaired) electrons. The van der Waals surface area contributed by atoms with Crippen LogP contribution in [0, 0.1) is 30.1 Å². The Hall–Kier alpha value is -1.17. The Morgan fingerprint density at radius 3 is 2.84 bits per heavy atom. The van der Waals surface area contributed by atoms with Crippen molar-refractivity contribution in [3.8, 4) is 0 Å². The third kappa shape index (κ3) is 5.82. The maximum absolute atomic E-state index is 13.8. The minimum absolute atomic E-state index is 0.00706. The number of ether oxygens (including phenoxy) is 2. The SMILES string of the molecule is Cc1nc2c(c(=O)n1CCOC1CCC(Cl)CC1C1CC(C)NC3C(C(=O)O)CSC13)CC(N1CCC3(COC3)C1)CC2. The van der Waals surface area contributed by atoms with E-state index in [2.05, 4.69) is 17.1 Å². The van der Waals surface area contributed by atoms with Crippen molar-refractivity contribution in [2.45, 2.75) is 107 Å². The van der Waals surface area contributed by atoms with E-state index in [0.717, 1.165) is 88.3 Å². The molecule has 5 heterocycles. The number of halogens is 1. The Balaban J connectivity index is 1.02. The van der Waals surface area contributed by atoms with E-state index in [-0.39, 0.29) is 40.3 Å². The number of rotatable bonds is 7. The lowest BCUT2D eigenvalue weighted by Crippen LogP contribution is -2.57. The average molecular weight is 635 g/mol. The first-order chi connectivity index (χ1) is 20.7. The molecule has 4 saturated heterocycles. The first-order valence-corrected chi connectivity index (χ1v) is 18.0. The Labute approximate surface area is 263 Å². The van der Waals surface area contributed by atoms with Gasteiger partial charge in [-0.05, 0) is 83.6 Å². The Morgan fingerprint density at radius 2 is 2.09 bits per heavy atom. The van der Waals surface area contributed by atoms with Gasteiger partial charge in [0.05, 0.1) is 44.1 Å². The predicted octanol–water partition coefficient (Wildman–Crippen LogP) is 3.11. The standard InChI is InChI=1S/C32H47ClN4O5S/c1-18-11-23(29-28(34-18)25(14-43-29)31(39)40)22-12-20(33)3-6-27(22)42-10-9-37-19(2)35-26-5-4-21(13-24(26)30(37)38)36-8-7-32(15-36)16-41-17-32/h18,20-23,25,27-29,34H,3-17H2,1-2H3,(H,39,40). The quantitative estimate of drug-likeness (QED) is 0.438. The van der Waals surface area contributed by atoms with Crippen LogP contribution >= 0.6 is 23.4 Å². The van der Waals surface area contributed by atoms with Gasteiger partial charge < -0.3 is 19.9 Å². The van der Waals surface area contributed by atoms with Crippen molar-refractivity contribution in [1.29, 1.82) is 0 Å². The molecule has 11 heteroatoms. The van der Waals surface area contributed by atoms with Crippen LogP contribution in [0.15, 0.2) is 4.79 Å².